The molecule has 1 saturated heterocycles. The SMILES string of the molecule is COC(=O)c1nnn(C2CCN(S(=O)(=O)c3cccc(S(N)(=O)=O)c3)CC2)c1C(=O)OC. The van der Waals surface area contributed by atoms with Gasteiger partial charge in [0.25, 0.3) is 0 Å². The van der Waals surface area contributed by atoms with Crippen LogP contribution in [0.1, 0.15) is 39.9 Å². The van der Waals surface area contributed by atoms with Gasteiger partial charge in [-0.3, -0.25) is 0 Å². The van der Waals surface area contributed by atoms with Crippen LogP contribution in [-0.4, -0.2) is 75.4 Å². The number of piperidine rings is 1. The molecule has 2 aromatic rings. The maximum atomic E-state index is 13.0. The number of aromatic nitrogens is 3. The van der Waals surface area contributed by atoms with Crippen LogP contribution in [0.25, 0.3) is 0 Å². The first-order valence-corrected chi connectivity index (χ1v) is 12.2. The van der Waals surface area contributed by atoms with Crippen molar-refractivity contribution in [3.8, 4) is 0 Å². The summed E-state index contributed by atoms with van der Waals surface area (Å²) in [4.78, 5) is 23.6. The van der Waals surface area contributed by atoms with Crippen LogP contribution in [0, 0.1) is 0 Å². The predicted molar refractivity (Wildman–Crippen MR) is 108 cm³/mol. The number of nitrogens with zero attached hydrogens (tertiary/aromatic N) is 4. The molecule has 3 rings (SSSR count). The van der Waals surface area contributed by atoms with Gasteiger partial charge in [-0.1, -0.05) is 11.3 Å². The van der Waals surface area contributed by atoms with Crippen LogP contribution in [0.4, 0.5) is 0 Å². The third kappa shape index (κ3) is 4.50. The van der Waals surface area contributed by atoms with E-state index in [1.165, 1.54) is 27.2 Å². The Morgan fingerprint density at radius 3 is 2.19 bits per heavy atom. The number of nitrogens with two attached hydrogens (primary N) is 1. The molecule has 0 atom stereocenters. The monoisotopic (exact) mass is 487 g/mol. The number of carbonyl (C=O) groups excluding carboxylic acids is 2. The first kappa shape index (κ1) is 23.8. The van der Waals surface area contributed by atoms with Crippen molar-refractivity contribution in [1.29, 1.82) is 0 Å². The highest BCUT2D eigenvalue weighted by molar-refractivity contribution is 7.90. The van der Waals surface area contributed by atoms with E-state index in [1.807, 2.05) is 0 Å². The van der Waals surface area contributed by atoms with Crippen molar-refractivity contribution >= 4 is 32.0 Å². The van der Waals surface area contributed by atoms with E-state index in [9.17, 15) is 26.4 Å². The smallest absolute Gasteiger partial charge is 0.361 e. The van der Waals surface area contributed by atoms with Gasteiger partial charge in [-0.25, -0.2) is 36.2 Å². The number of benzene rings is 1. The van der Waals surface area contributed by atoms with E-state index in [1.54, 1.807) is 0 Å². The molecule has 32 heavy (non-hydrogen) atoms. The number of carbonyl (C=O) groups is 2. The quantitative estimate of drug-likeness (QED) is 0.523. The van der Waals surface area contributed by atoms with E-state index in [4.69, 9.17) is 9.88 Å². The van der Waals surface area contributed by atoms with E-state index >= 15 is 0 Å². The Balaban J connectivity index is 1.84. The number of rotatable bonds is 6. The van der Waals surface area contributed by atoms with E-state index in [2.05, 4.69) is 15.0 Å². The van der Waals surface area contributed by atoms with Crippen LogP contribution >= 0.6 is 0 Å². The van der Waals surface area contributed by atoms with E-state index in [0.29, 0.717) is 0 Å². The molecular formula is C17H21N5O8S2. The average molecular weight is 488 g/mol. The fourth-order valence-corrected chi connectivity index (χ4v) is 5.51. The van der Waals surface area contributed by atoms with Crippen molar-refractivity contribution in [2.24, 2.45) is 5.14 Å². The van der Waals surface area contributed by atoms with Gasteiger partial charge in [0.2, 0.25) is 25.7 Å². The largest absolute Gasteiger partial charge is 0.464 e. The van der Waals surface area contributed by atoms with Gasteiger partial charge >= 0.3 is 11.9 Å². The molecule has 0 amide bonds. The summed E-state index contributed by atoms with van der Waals surface area (Å²) in [5.74, 6) is -1.68. The molecular weight excluding hydrogens is 466 g/mol. The van der Waals surface area contributed by atoms with Crippen molar-refractivity contribution < 1.29 is 35.9 Å². The first-order valence-electron chi connectivity index (χ1n) is 9.25. The first-order chi connectivity index (χ1) is 15.0. The van der Waals surface area contributed by atoms with Gasteiger partial charge in [0.05, 0.1) is 30.1 Å². The molecule has 0 spiro atoms. The lowest BCUT2D eigenvalue weighted by atomic mass is 10.1. The third-order valence-corrected chi connectivity index (χ3v) is 7.80. The van der Waals surface area contributed by atoms with Crippen LogP contribution in [0.3, 0.4) is 0 Å². The average Bonchev–Trinajstić information content (AvgIpc) is 3.22. The summed E-state index contributed by atoms with van der Waals surface area (Å²) in [5, 5.41) is 12.7. The lowest BCUT2D eigenvalue weighted by molar-refractivity contribution is 0.0539. The molecule has 1 aliphatic heterocycles. The number of ether oxygens (including phenoxy) is 2. The molecule has 15 heteroatoms. The number of esters is 2. The molecule has 2 N–H and O–H groups in total. The summed E-state index contributed by atoms with van der Waals surface area (Å²) in [6.07, 6.45) is 0.504. The van der Waals surface area contributed by atoms with Gasteiger partial charge in [0.15, 0.2) is 5.69 Å². The van der Waals surface area contributed by atoms with Crippen molar-refractivity contribution in [2.45, 2.75) is 28.7 Å². The lowest BCUT2D eigenvalue weighted by Crippen LogP contribution is -2.39. The normalized spacial score (nSPS) is 16.0. The van der Waals surface area contributed by atoms with Crippen molar-refractivity contribution in [1.82, 2.24) is 19.3 Å². The van der Waals surface area contributed by atoms with Crippen molar-refractivity contribution in [3.63, 3.8) is 0 Å². The van der Waals surface area contributed by atoms with Gasteiger partial charge < -0.3 is 9.47 Å². The van der Waals surface area contributed by atoms with Crippen LogP contribution in [0.5, 0.6) is 0 Å². The zero-order chi connectivity index (χ0) is 23.7. The standard InChI is InChI=1S/C17H21N5O8S2/c1-29-16(23)14-15(17(24)30-2)22(20-19-14)11-6-8-21(9-7-11)32(27,28)13-5-3-4-12(10-13)31(18,25)26/h3-5,10-11H,6-9H2,1-2H3,(H2,18,25,26). The van der Waals surface area contributed by atoms with Crippen LogP contribution in [0.2, 0.25) is 0 Å². The summed E-state index contributed by atoms with van der Waals surface area (Å²) >= 11 is 0. The van der Waals surface area contributed by atoms with Crippen molar-refractivity contribution in [3.05, 3.63) is 35.7 Å². The second-order valence-corrected chi connectivity index (χ2v) is 10.4. The topological polar surface area (TPSA) is 181 Å². The second kappa shape index (κ2) is 8.93. The summed E-state index contributed by atoms with van der Waals surface area (Å²) < 4.78 is 60.8. The number of hydrogen-bond donors (Lipinski definition) is 1. The highest BCUT2D eigenvalue weighted by Crippen LogP contribution is 2.29. The van der Waals surface area contributed by atoms with Gasteiger partial charge in [-0.2, -0.15) is 4.31 Å². The Bertz CT molecular complexity index is 1250. The molecule has 174 valence electrons. The van der Waals surface area contributed by atoms with Gasteiger partial charge in [-0.05, 0) is 31.0 Å². The maximum absolute atomic E-state index is 13.0. The molecule has 1 fully saturated rings. The number of sulfonamides is 2. The fourth-order valence-electron chi connectivity index (χ4n) is 3.36. The van der Waals surface area contributed by atoms with Gasteiger partial charge in [0, 0.05) is 13.1 Å². The molecule has 1 aromatic carbocycles. The minimum Gasteiger partial charge on any atom is -0.464 e. The van der Waals surface area contributed by atoms with Crippen molar-refractivity contribution in [2.75, 3.05) is 27.3 Å². The molecule has 0 unspecified atom stereocenters. The predicted octanol–water partition coefficient (Wildman–Crippen LogP) is -0.475. The molecule has 1 aliphatic rings. The minimum absolute atomic E-state index is 0.0562. The third-order valence-electron chi connectivity index (χ3n) is 4.99. The Morgan fingerprint density at radius 1 is 1.03 bits per heavy atom. The second-order valence-electron chi connectivity index (χ2n) is 6.87. The molecule has 13 nitrogen and oxygen atoms in total. The Morgan fingerprint density at radius 2 is 1.62 bits per heavy atom. The van der Waals surface area contributed by atoms with Crippen LogP contribution in [-0.2, 0) is 29.5 Å². The highest BCUT2D eigenvalue weighted by atomic mass is 32.2. The highest BCUT2D eigenvalue weighted by Gasteiger charge is 2.35. The summed E-state index contributed by atoms with van der Waals surface area (Å²) in [6.45, 7) is 0.112. The van der Waals surface area contributed by atoms with Crippen LogP contribution in [0.15, 0.2) is 34.1 Å². The van der Waals surface area contributed by atoms with E-state index in [-0.39, 0.29) is 47.1 Å². The Hall–Kier alpha value is -2.88. The molecule has 2 heterocycles. The zero-order valence-corrected chi connectivity index (χ0v) is 18.8. The Labute approximate surface area is 184 Å². The number of hydrogen-bond acceptors (Lipinski definition) is 10. The van der Waals surface area contributed by atoms with E-state index in [0.717, 1.165) is 20.3 Å². The van der Waals surface area contributed by atoms with Gasteiger partial charge in [-0.15, -0.1) is 5.10 Å². The molecule has 0 bridgehead atoms. The molecule has 1 aromatic heterocycles. The molecule has 0 saturated carbocycles. The summed E-state index contributed by atoms with van der Waals surface area (Å²) in [7, 11) is -5.78. The van der Waals surface area contributed by atoms with Crippen LogP contribution < -0.4 is 5.14 Å². The zero-order valence-electron chi connectivity index (χ0n) is 17.2. The lowest BCUT2D eigenvalue weighted by Gasteiger charge is -2.31. The van der Waals surface area contributed by atoms with E-state index < -0.39 is 38.0 Å². The minimum atomic E-state index is -4.07. The maximum Gasteiger partial charge on any atom is 0.361 e. The molecule has 0 aliphatic carbocycles. The molecule has 0 radical (unpaired) electrons. The fraction of sp³-hybridized carbons (Fsp3) is 0.412. The summed E-state index contributed by atoms with van der Waals surface area (Å²) in [6, 6.07) is 4.36. The summed E-state index contributed by atoms with van der Waals surface area (Å²) in [5.41, 5.74) is -0.476. The number of methoxy groups -OCH3 is 2. The number of primary sulfonamides is 1. The van der Waals surface area contributed by atoms with Gasteiger partial charge in [0.1, 0.15) is 0 Å². The Kier molecular flexibility index (Phi) is 6.64.